The fourth-order valence-electron chi connectivity index (χ4n) is 8.86. The summed E-state index contributed by atoms with van der Waals surface area (Å²) in [5.74, 6) is -2.38. The molecule has 3 aromatic rings. The molecule has 0 spiro atoms. The lowest BCUT2D eigenvalue weighted by molar-refractivity contribution is -0.155. The van der Waals surface area contributed by atoms with Crippen molar-refractivity contribution >= 4 is 46.4 Å². The van der Waals surface area contributed by atoms with Crippen LogP contribution in [0.25, 0.3) is 27.6 Å². The van der Waals surface area contributed by atoms with E-state index in [1.54, 1.807) is 37.1 Å². The second-order valence-corrected chi connectivity index (χ2v) is 18.5. The number of alkyl halides is 3. The molecule has 13 nitrogen and oxygen atoms in total. The third kappa shape index (κ3) is 11.5. The fraction of sp³-hybridized carbons (Fsp3) is 0.500. The highest BCUT2D eigenvalue weighted by Crippen LogP contribution is 2.41. The number of halogens is 3. The van der Waals surface area contributed by atoms with Gasteiger partial charge >= 0.3 is 12.1 Å². The molecule has 4 atom stereocenters. The van der Waals surface area contributed by atoms with Gasteiger partial charge in [-0.1, -0.05) is 77.3 Å². The molecule has 0 unspecified atom stereocenters. The minimum Gasteiger partial charge on any atom is -0.464 e. The van der Waals surface area contributed by atoms with Crippen molar-refractivity contribution in [1.82, 2.24) is 25.2 Å². The van der Waals surface area contributed by atoms with Crippen molar-refractivity contribution < 1.29 is 46.6 Å². The Balaban J connectivity index is 1.46. The van der Waals surface area contributed by atoms with Crippen molar-refractivity contribution in [2.24, 2.45) is 22.2 Å². The van der Waals surface area contributed by atoms with Crippen LogP contribution < -0.4 is 10.7 Å². The summed E-state index contributed by atoms with van der Waals surface area (Å²) >= 11 is 0. The van der Waals surface area contributed by atoms with Gasteiger partial charge in [-0.3, -0.25) is 29.2 Å². The number of hydrogen-bond donors (Lipinski definition) is 2. The number of allylic oxidation sites excluding steroid dienone is 2. The molecule has 0 aliphatic carbocycles. The lowest BCUT2D eigenvalue weighted by Gasteiger charge is -2.39. The number of likely N-dealkylation sites (tertiary alicyclic amines) is 1. The van der Waals surface area contributed by atoms with Crippen molar-refractivity contribution in [1.29, 1.82) is 0 Å². The number of amides is 3. The Morgan fingerprint density at radius 3 is 2.45 bits per heavy atom. The SMILES string of the molecule is C=CC(=O)N1CC(OC[C@H](C(=O)N[C@H]2Cc3cccc(c3)-c3ccc4c(c3)c(c(/C(C=C)=C(/N=CC)[C@H](C)OC)n4CC(F)(F)F)CC(C)(C)COC(=O)[C@@H]3CCCN(N3)C2=O)C(C)C)C1. The van der Waals surface area contributed by atoms with Gasteiger partial charge in [0.05, 0.1) is 42.7 Å². The predicted molar refractivity (Wildman–Crippen MR) is 248 cm³/mol. The van der Waals surface area contributed by atoms with Crippen molar-refractivity contribution in [3.05, 3.63) is 90.3 Å². The smallest absolute Gasteiger partial charge is 0.406 e. The number of nitrogens with one attached hydrogen (secondary N) is 2. The quantitative estimate of drug-likeness (QED) is 0.0792. The first-order valence-electron chi connectivity index (χ1n) is 22.5. The van der Waals surface area contributed by atoms with Crippen LogP contribution in [-0.4, -0.2) is 115 Å². The maximum Gasteiger partial charge on any atom is 0.406 e. The molecular formula is C50H63F3N6O7. The average molecular weight is 917 g/mol. The van der Waals surface area contributed by atoms with Crippen LogP contribution in [0.4, 0.5) is 13.2 Å². The van der Waals surface area contributed by atoms with Crippen LogP contribution in [0.15, 0.2) is 78.5 Å². The van der Waals surface area contributed by atoms with E-state index in [1.165, 1.54) is 28.8 Å². The zero-order valence-electron chi connectivity index (χ0n) is 39.0. The van der Waals surface area contributed by atoms with Crippen LogP contribution in [-0.2, 0) is 52.8 Å². The summed E-state index contributed by atoms with van der Waals surface area (Å²) in [5, 5.41) is 4.97. The number of cyclic esters (lactones) is 1. The topological polar surface area (TPSA) is 144 Å². The number of nitrogens with zero attached hydrogens (tertiary/aromatic N) is 4. The Kier molecular flexibility index (Phi) is 15.8. The number of hydrazine groups is 1. The first kappa shape index (κ1) is 49.8. The van der Waals surface area contributed by atoms with E-state index in [0.717, 1.165) is 5.56 Å². The lowest BCUT2D eigenvalue weighted by Crippen LogP contribution is -2.61. The normalized spacial score (nSPS) is 20.9. The summed E-state index contributed by atoms with van der Waals surface area (Å²) in [6.45, 7) is 18.4. The molecule has 2 fully saturated rings. The van der Waals surface area contributed by atoms with E-state index in [0.29, 0.717) is 64.8 Å². The maximum atomic E-state index is 14.7. The molecule has 6 bridgehead atoms. The molecule has 356 valence electrons. The van der Waals surface area contributed by atoms with Crippen molar-refractivity contribution in [2.45, 2.75) is 104 Å². The van der Waals surface area contributed by atoms with Gasteiger partial charge in [0, 0.05) is 61.3 Å². The van der Waals surface area contributed by atoms with Crippen molar-refractivity contribution in [2.75, 3.05) is 40.0 Å². The van der Waals surface area contributed by atoms with Gasteiger partial charge < -0.3 is 29.0 Å². The Hall–Kier alpha value is -5.58. The number of methoxy groups -OCH3 is 1. The van der Waals surface area contributed by atoms with Gasteiger partial charge in [-0.25, -0.2) is 5.43 Å². The van der Waals surface area contributed by atoms with E-state index in [2.05, 4.69) is 28.9 Å². The van der Waals surface area contributed by atoms with Crippen LogP contribution in [0.1, 0.15) is 71.2 Å². The molecule has 2 aromatic carbocycles. The van der Waals surface area contributed by atoms with Gasteiger partial charge in [0.15, 0.2) is 0 Å². The molecule has 66 heavy (non-hydrogen) atoms. The van der Waals surface area contributed by atoms with Crippen LogP contribution in [0.5, 0.6) is 0 Å². The predicted octanol–water partition coefficient (Wildman–Crippen LogP) is 7.23. The number of rotatable bonds is 13. The number of hydrogen-bond acceptors (Lipinski definition) is 9. The number of aromatic nitrogens is 1. The van der Waals surface area contributed by atoms with E-state index < -0.39 is 54.1 Å². The number of fused-ring (bicyclic) bond motifs is 6. The molecule has 1 aromatic heterocycles. The first-order valence-corrected chi connectivity index (χ1v) is 22.5. The highest BCUT2D eigenvalue weighted by atomic mass is 19.4. The second-order valence-electron chi connectivity index (χ2n) is 18.5. The number of carbonyl (C=O) groups excluding carboxylic acids is 4. The number of aliphatic imine (C=N–C) groups is 1. The van der Waals surface area contributed by atoms with Crippen molar-refractivity contribution in [3.8, 4) is 11.1 Å². The van der Waals surface area contributed by atoms with E-state index >= 15 is 0 Å². The number of benzene rings is 2. The summed E-state index contributed by atoms with van der Waals surface area (Å²) in [7, 11) is 1.50. The third-order valence-electron chi connectivity index (χ3n) is 12.5. The van der Waals surface area contributed by atoms with Crippen LogP contribution in [0.2, 0.25) is 0 Å². The Morgan fingerprint density at radius 2 is 1.80 bits per heavy atom. The van der Waals surface area contributed by atoms with E-state index in [4.69, 9.17) is 14.2 Å². The Morgan fingerprint density at radius 1 is 1.08 bits per heavy atom. The van der Waals surface area contributed by atoms with Gasteiger partial charge in [-0.05, 0) is 79.5 Å². The number of esters is 1. The van der Waals surface area contributed by atoms with Crippen molar-refractivity contribution in [3.63, 3.8) is 0 Å². The minimum absolute atomic E-state index is 0.0758. The molecule has 0 saturated carbocycles. The van der Waals surface area contributed by atoms with Crippen LogP contribution in [0, 0.1) is 17.3 Å². The molecule has 2 saturated heterocycles. The van der Waals surface area contributed by atoms with Gasteiger partial charge in [0.1, 0.15) is 18.6 Å². The van der Waals surface area contributed by atoms with Gasteiger partial charge in [-0.15, -0.1) is 0 Å². The summed E-state index contributed by atoms with van der Waals surface area (Å²) in [6, 6.07) is 10.9. The van der Waals surface area contributed by atoms with E-state index in [1.807, 2.05) is 58.0 Å². The standard InChI is InChI=1S/C50H63F3N6O7/c1-10-36(44(54-12-3)31(6)64-9)45-38-24-49(7,8)29-66-48(63)40-17-14-20-59(56-40)47(62)41(55-46(61)39(30(4)5)27-65-35-25-57(26-35)43(60)11-2)22-32-15-13-16-33(21-32)34-18-19-42(37(38)23-34)58(45)28-50(51,52)53/h10-13,15-16,18-19,21,23,30-31,35,39-41,56H,1-2,14,17,20,22,24-29H2,3-9H3,(H,55,61)/b44-36+,54-12?/t31-,39-,40-,41-/m0/s1. The Labute approximate surface area is 385 Å². The van der Waals surface area contributed by atoms with E-state index in [9.17, 15) is 32.3 Å². The summed E-state index contributed by atoms with van der Waals surface area (Å²) in [5.41, 5.74) is 6.43. The Bertz CT molecular complexity index is 2380. The fourth-order valence-corrected chi connectivity index (χ4v) is 8.86. The second kappa shape index (κ2) is 20.9. The van der Waals surface area contributed by atoms with E-state index in [-0.39, 0.29) is 62.1 Å². The van der Waals surface area contributed by atoms with Crippen LogP contribution in [0.3, 0.4) is 0 Å². The highest BCUT2D eigenvalue weighted by molar-refractivity contribution is 5.96. The number of carbonyl (C=O) groups is 4. The molecule has 16 heteroatoms. The zero-order chi connectivity index (χ0) is 48.1. The largest absolute Gasteiger partial charge is 0.464 e. The molecular weight excluding hydrogens is 854 g/mol. The maximum absolute atomic E-state index is 14.7. The van der Waals surface area contributed by atoms with Gasteiger partial charge in [0.2, 0.25) is 11.8 Å². The highest BCUT2D eigenvalue weighted by Gasteiger charge is 2.39. The molecule has 6 rings (SSSR count). The monoisotopic (exact) mass is 916 g/mol. The minimum atomic E-state index is -4.60. The van der Waals surface area contributed by atoms with Crippen LogP contribution >= 0.6 is 0 Å². The zero-order valence-corrected chi connectivity index (χ0v) is 39.0. The molecule has 2 N–H and O–H groups in total. The average Bonchev–Trinajstić information content (AvgIpc) is 3.54. The summed E-state index contributed by atoms with van der Waals surface area (Å²) in [6.07, 6.45) is 0.0299. The first-order chi connectivity index (χ1) is 31.3. The lowest BCUT2D eigenvalue weighted by atomic mass is 9.84. The number of ether oxygens (including phenoxy) is 3. The summed E-state index contributed by atoms with van der Waals surface area (Å²) < 4.78 is 63.1. The third-order valence-corrected chi connectivity index (χ3v) is 12.5. The molecule has 3 amide bonds. The molecule has 3 aliphatic rings. The molecule has 3 aliphatic heterocycles. The molecule has 4 heterocycles. The molecule has 0 radical (unpaired) electrons. The van der Waals surface area contributed by atoms with Gasteiger partial charge in [-0.2, -0.15) is 13.2 Å². The summed E-state index contributed by atoms with van der Waals surface area (Å²) in [4.78, 5) is 60.7. The van der Waals surface area contributed by atoms with Gasteiger partial charge in [0.25, 0.3) is 5.91 Å².